The Morgan fingerprint density at radius 2 is 2.19 bits per heavy atom. The van der Waals surface area contributed by atoms with Crippen LogP contribution in [0.15, 0.2) is 12.3 Å². The molecule has 2 heterocycles. The summed E-state index contributed by atoms with van der Waals surface area (Å²) < 4.78 is 1.93. The van der Waals surface area contributed by atoms with Gasteiger partial charge in [-0.05, 0) is 12.8 Å². The van der Waals surface area contributed by atoms with Crippen LogP contribution in [0, 0.1) is 0 Å². The molecule has 0 radical (unpaired) electrons. The van der Waals surface area contributed by atoms with Crippen LogP contribution in [-0.2, 0) is 9.59 Å². The van der Waals surface area contributed by atoms with Crippen LogP contribution in [-0.4, -0.2) is 44.7 Å². The van der Waals surface area contributed by atoms with E-state index in [9.17, 15) is 9.59 Å². The van der Waals surface area contributed by atoms with Gasteiger partial charge in [0.15, 0.2) is 0 Å². The minimum atomic E-state index is -0.150. The Bertz CT molecular complexity index is 525. The van der Waals surface area contributed by atoms with Gasteiger partial charge in [-0.15, -0.1) is 11.8 Å². The Balaban J connectivity index is 1.60. The number of thioether (sulfide) groups is 1. The molecule has 0 unspecified atom stereocenters. The van der Waals surface area contributed by atoms with Crippen molar-refractivity contribution in [3.63, 3.8) is 0 Å². The van der Waals surface area contributed by atoms with Gasteiger partial charge in [0.25, 0.3) is 0 Å². The highest BCUT2D eigenvalue weighted by Gasteiger charge is 2.24. The van der Waals surface area contributed by atoms with Gasteiger partial charge in [0.1, 0.15) is 12.4 Å². The number of nitrogens with one attached hydrogen (secondary N) is 1. The second kappa shape index (κ2) is 6.51. The van der Waals surface area contributed by atoms with Crippen LogP contribution in [0.5, 0.6) is 0 Å². The molecule has 114 valence electrons. The molecule has 1 aliphatic heterocycles. The van der Waals surface area contributed by atoms with E-state index in [1.165, 1.54) is 19.3 Å². The topological polar surface area (TPSA) is 67.2 Å². The first-order valence-electron chi connectivity index (χ1n) is 7.43. The van der Waals surface area contributed by atoms with E-state index in [1.807, 2.05) is 10.7 Å². The monoisotopic (exact) mass is 308 g/mol. The number of aromatic nitrogens is 2. The average Bonchev–Trinajstić information content (AvgIpc) is 3.10. The fourth-order valence-electron chi connectivity index (χ4n) is 2.93. The summed E-state index contributed by atoms with van der Waals surface area (Å²) in [6.07, 6.45) is 7.68. The predicted octanol–water partition coefficient (Wildman–Crippen LogP) is 1.86. The van der Waals surface area contributed by atoms with Crippen molar-refractivity contribution in [2.24, 2.45) is 0 Å². The highest BCUT2D eigenvalue weighted by molar-refractivity contribution is 8.00. The van der Waals surface area contributed by atoms with Crippen molar-refractivity contribution in [3.8, 4) is 0 Å². The zero-order valence-corrected chi connectivity index (χ0v) is 12.8. The molecule has 2 fully saturated rings. The van der Waals surface area contributed by atoms with E-state index < -0.39 is 0 Å². The lowest BCUT2D eigenvalue weighted by atomic mass is 9.96. The van der Waals surface area contributed by atoms with E-state index in [0.717, 1.165) is 18.7 Å². The Kier molecular flexibility index (Phi) is 4.48. The van der Waals surface area contributed by atoms with Crippen LogP contribution in [0.1, 0.15) is 38.1 Å². The summed E-state index contributed by atoms with van der Waals surface area (Å²) >= 11 is 1.54. The molecule has 1 saturated heterocycles. The third-order valence-corrected chi connectivity index (χ3v) is 4.96. The average molecular weight is 308 g/mol. The molecule has 3 rings (SSSR count). The first kappa shape index (κ1) is 14.4. The van der Waals surface area contributed by atoms with Gasteiger partial charge in [0.05, 0.1) is 23.9 Å². The summed E-state index contributed by atoms with van der Waals surface area (Å²) in [6.45, 7) is 0.127. The van der Waals surface area contributed by atoms with E-state index in [2.05, 4.69) is 10.4 Å². The minimum absolute atomic E-state index is 0.0379. The lowest BCUT2D eigenvalue weighted by molar-refractivity contribution is -0.130. The van der Waals surface area contributed by atoms with Gasteiger partial charge >= 0.3 is 0 Å². The number of hydrogen-bond acceptors (Lipinski definition) is 4. The second-order valence-electron chi connectivity index (χ2n) is 5.57. The molecule has 2 amide bonds. The van der Waals surface area contributed by atoms with Crippen LogP contribution in [0.4, 0.5) is 5.82 Å². The summed E-state index contributed by atoms with van der Waals surface area (Å²) in [4.78, 5) is 25.2. The van der Waals surface area contributed by atoms with Crippen molar-refractivity contribution in [1.29, 1.82) is 0 Å². The molecule has 2 aliphatic rings. The Hall–Kier alpha value is -1.50. The van der Waals surface area contributed by atoms with Gasteiger partial charge in [-0.1, -0.05) is 19.3 Å². The highest BCUT2D eigenvalue weighted by atomic mass is 32.2. The van der Waals surface area contributed by atoms with Gasteiger partial charge in [0.2, 0.25) is 11.8 Å². The molecule has 0 atom stereocenters. The summed E-state index contributed by atoms with van der Waals surface area (Å²) in [6, 6.07) is 2.21. The maximum absolute atomic E-state index is 12.1. The SMILES string of the molecule is O=C(CN1CSCC1=O)Nc1ccnn1C1CCCCC1. The molecule has 1 aromatic rings. The number of carbonyl (C=O) groups is 2. The fraction of sp³-hybridized carbons (Fsp3) is 0.643. The number of anilines is 1. The third kappa shape index (κ3) is 3.40. The van der Waals surface area contributed by atoms with Crippen molar-refractivity contribution in [2.75, 3.05) is 23.5 Å². The third-order valence-electron chi connectivity index (χ3n) is 4.02. The lowest BCUT2D eigenvalue weighted by Crippen LogP contribution is -2.35. The predicted molar refractivity (Wildman–Crippen MR) is 82.0 cm³/mol. The number of carbonyl (C=O) groups excluding carboxylic acids is 2. The van der Waals surface area contributed by atoms with Crippen LogP contribution in [0.3, 0.4) is 0 Å². The van der Waals surface area contributed by atoms with E-state index in [1.54, 1.807) is 22.9 Å². The zero-order chi connectivity index (χ0) is 14.7. The Labute approximate surface area is 128 Å². The maximum Gasteiger partial charge on any atom is 0.245 e. The Morgan fingerprint density at radius 3 is 2.90 bits per heavy atom. The molecular formula is C14H20N4O2S. The molecule has 1 N–H and O–H groups in total. The maximum atomic E-state index is 12.1. The van der Waals surface area contributed by atoms with E-state index in [-0.39, 0.29) is 18.4 Å². The summed E-state index contributed by atoms with van der Waals surface area (Å²) in [5, 5.41) is 7.25. The standard InChI is InChI=1S/C14H20N4O2S/c19-13(8-17-10-21-9-14(17)20)16-12-6-7-15-18(12)11-4-2-1-3-5-11/h6-7,11H,1-5,8-10H2,(H,16,19). The molecule has 1 aromatic heterocycles. The van der Waals surface area contributed by atoms with Crippen LogP contribution < -0.4 is 5.32 Å². The summed E-state index contributed by atoms with van der Waals surface area (Å²) in [7, 11) is 0. The molecule has 1 aliphatic carbocycles. The smallest absolute Gasteiger partial charge is 0.245 e. The van der Waals surface area contributed by atoms with E-state index >= 15 is 0 Å². The van der Waals surface area contributed by atoms with E-state index in [0.29, 0.717) is 17.7 Å². The van der Waals surface area contributed by atoms with E-state index in [4.69, 9.17) is 0 Å². The number of rotatable bonds is 4. The van der Waals surface area contributed by atoms with Gasteiger partial charge in [-0.2, -0.15) is 5.10 Å². The molecule has 0 bridgehead atoms. The first-order chi connectivity index (χ1) is 10.2. The van der Waals surface area contributed by atoms with Crippen molar-refractivity contribution < 1.29 is 9.59 Å². The summed E-state index contributed by atoms with van der Waals surface area (Å²) in [5.74, 6) is 1.71. The van der Waals surface area contributed by atoms with Crippen molar-refractivity contribution in [3.05, 3.63) is 12.3 Å². The summed E-state index contributed by atoms with van der Waals surface area (Å²) in [5.41, 5.74) is 0. The minimum Gasteiger partial charge on any atom is -0.323 e. The molecule has 0 aromatic carbocycles. The number of amides is 2. The molecule has 0 spiro atoms. The van der Waals surface area contributed by atoms with Gasteiger partial charge < -0.3 is 10.2 Å². The van der Waals surface area contributed by atoms with Crippen molar-refractivity contribution in [1.82, 2.24) is 14.7 Å². The molecule has 1 saturated carbocycles. The second-order valence-corrected chi connectivity index (χ2v) is 6.53. The molecular weight excluding hydrogens is 288 g/mol. The van der Waals surface area contributed by atoms with Crippen molar-refractivity contribution >= 4 is 29.4 Å². The van der Waals surface area contributed by atoms with Crippen LogP contribution in [0.25, 0.3) is 0 Å². The first-order valence-corrected chi connectivity index (χ1v) is 8.58. The quantitative estimate of drug-likeness (QED) is 0.922. The normalized spacial score (nSPS) is 20.0. The number of hydrogen-bond donors (Lipinski definition) is 1. The largest absolute Gasteiger partial charge is 0.323 e. The van der Waals surface area contributed by atoms with Gasteiger partial charge in [-0.25, -0.2) is 4.68 Å². The number of nitrogens with zero attached hydrogens (tertiary/aromatic N) is 3. The zero-order valence-electron chi connectivity index (χ0n) is 12.0. The van der Waals surface area contributed by atoms with Crippen molar-refractivity contribution in [2.45, 2.75) is 38.1 Å². The fourth-order valence-corrected chi connectivity index (χ4v) is 3.83. The van der Waals surface area contributed by atoms with Crippen LogP contribution in [0.2, 0.25) is 0 Å². The lowest BCUT2D eigenvalue weighted by Gasteiger charge is -2.24. The molecule has 21 heavy (non-hydrogen) atoms. The Morgan fingerprint density at radius 1 is 1.38 bits per heavy atom. The van der Waals surface area contributed by atoms with Crippen LogP contribution >= 0.6 is 11.8 Å². The highest BCUT2D eigenvalue weighted by Crippen LogP contribution is 2.29. The molecule has 7 heteroatoms. The van der Waals surface area contributed by atoms with Gasteiger partial charge in [-0.3, -0.25) is 9.59 Å². The van der Waals surface area contributed by atoms with Gasteiger partial charge in [0, 0.05) is 6.07 Å². The molecule has 6 nitrogen and oxygen atoms in total.